The zero-order valence-corrected chi connectivity index (χ0v) is 11.6. The SMILES string of the molecule is CC1CCN(C(=O)c2cc(=O)[nH]c3ccccc23)CC1. The Labute approximate surface area is 117 Å². The Morgan fingerprint density at radius 2 is 1.95 bits per heavy atom. The van der Waals surface area contributed by atoms with Crippen LogP contribution < -0.4 is 5.56 Å². The van der Waals surface area contributed by atoms with Gasteiger partial charge in [-0.3, -0.25) is 9.59 Å². The van der Waals surface area contributed by atoms with E-state index in [0.29, 0.717) is 17.0 Å². The van der Waals surface area contributed by atoms with E-state index >= 15 is 0 Å². The summed E-state index contributed by atoms with van der Waals surface area (Å²) in [5, 5.41) is 0.815. The Balaban J connectivity index is 2.01. The summed E-state index contributed by atoms with van der Waals surface area (Å²) in [6, 6.07) is 8.87. The highest BCUT2D eigenvalue weighted by Gasteiger charge is 2.23. The molecule has 4 nitrogen and oxygen atoms in total. The van der Waals surface area contributed by atoms with Crippen LogP contribution in [0.2, 0.25) is 0 Å². The van der Waals surface area contributed by atoms with Crippen LogP contribution in [-0.2, 0) is 0 Å². The first-order valence-corrected chi connectivity index (χ1v) is 7.06. The van der Waals surface area contributed by atoms with Gasteiger partial charge in [-0.05, 0) is 24.8 Å². The zero-order valence-electron chi connectivity index (χ0n) is 11.6. The number of rotatable bonds is 1. The highest BCUT2D eigenvalue weighted by Crippen LogP contribution is 2.21. The van der Waals surface area contributed by atoms with Gasteiger partial charge in [0.15, 0.2) is 0 Å². The van der Waals surface area contributed by atoms with Gasteiger partial charge in [-0.25, -0.2) is 0 Å². The van der Waals surface area contributed by atoms with E-state index in [1.54, 1.807) is 0 Å². The number of pyridine rings is 1. The summed E-state index contributed by atoms with van der Waals surface area (Å²) < 4.78 is 0. The van der Waals surface area contributed by atoms with Crippen LogP contribution in [0.1, 0.15) is 30.1 Å². The zero-order chi connectivity index (χ0) is 14.1. The molecule has 0 saturated carbocycles. The number of benzene rings is 1. The van der Waals surface area contributed by atoms with E-state index in [-0.39, 0.29) is 11.5 Å². The lowest BCUT2D eigenvalue weighted by atomic mass is 9.98. The largest absolute Gasteiger partial charge is 0.339 e. The van der Waals surface area contributed by atoms with Gasteiger partial charge in [0.1, 0.15) is 0 Å². The number of aromatic nitrogens is 1. The number of aromatic amines is 1. The van der Waals surface area contributed by atoms with Crippen molar-refractivity contribution in [1.29, 1.82) is 0 Å². The molecular weight excluding hydrogens is 252 g/mol. The summed E-state index contributed by atoms with van der Waals surface area (Å²) in [6.07, 6.45) is 2.07. The van der Waals surface area contributed by atoms with Crippen molar-refractivity contribution in [2.75, 3.05) is 13.1 Å². The monoisotopic (exact) mass is 270 g/mol. The quantitative estimate of drug-likeness (QED) is 0.865. The first-order valence-electron chi connectivity index (χ1n) is 7.06. The molecule has 2 heterocycles. The average molecular weight is 270 g/mol. The molecular formula is C16H18N2O2. The number of hydrogen-bond donors (Lipinski definition) is 1. The number of carbonyl (C=O) groups excluding carboxylic acids is 1. The lowest BCUT2D eigenvalue weighted by Crippen LogP contribution is -2.38. The summed E-state index contributed by atoms with van der Waals surface area (Å²) in [7, 11) is 0. The predicted molar refractivity (Wildman–Crippen MR) is 78.9 cm³/mol. The molecule has 0 bridgehead atoms. The molecule has 3 rings (SSSR count). The standard InChI is InChI=1S/C16H18N2O2/c1-11-6-8-18(9-7-11)16(20)13-10-15(19)17-14-5-3-2-4-12(13)14/h2-5,10-11H,6-9H2,1H3,(H,17,19). The number of H-pyrrole nitrogens is 1. The minimum atomic E-state index is -0.225. The molecule has 0 spiro atoms. The van der Waals surface area contributed by atoms with Gasteiger partial charge in [0.25, 0.3) is 5.91 Å². The van der Waals surface area contributed by atoms with E-state index < -0.39 is 0 Å². The third-order valence-electron chi connectivity index (χ3n) is 4.05. The molecule has 1 aromatic heterocycles. The fraction of sp³-hybridized carbons (Fsp3) is 0.375. The van der Waals surface area contributed by atoms with E-state index in [4.69, 9.17) is 0 Å². The van der Waals surface area contributed by atoms with Crippen molar-refractivity contribution in [1.82, 2.24) is 9.88 Å². The van der Waals surface area contributed by atoms with Gasteiger partial charge in [-0.15, -0.1) is 0 Å². The normalized spacial score (nSPS) is 16.6. The Morgan fingerprint density at radius 1 is 1.25 bits per heavy atom. The van der Waals surface area contributed by atoms with Crippen molar-refractivity contribution in [2.24, 2.45) is 5.92 Å². The minimum Gasteiger partial charge on any atom is -0.339 e. The van der Waals surface area contributed by atoms with Gasteiger partial charge in [-0.2, -0.15) is 0 Å². The summed E-state index contributed by atoms with van der Waals surface area (Å²) in [4.78, 5) is 29.0. The molecule has 1 fully saturated rings. The minimum absolute atomic E-state index is 0.0285. The second-order valence-corrected chi connectivity index (χ2v) is 5.57. The number of para-hydroxylation sites is 1. The third-order valence-corrected chi connectivity index (χ3v) is 4.05. The highest BCUT2D eigenvalue weighted by molar-refractivity contribution is 6.05. The maximum Gasteiger partial charge on any atom is 0.254 e. The van der Waals surface area contributed by atoms with E-state index in [1.807, 2.05) is 29.2 Å². The third kappa shape index (κ3) is 2.33. The van der Waals surface area contributed by atoms with Crippen LogP contribution in [0.15, 0.2) is 35.1 Å². The number of amides is 1. The van der Waals surface area contributed by atoms with Gasteiger partial charge in [-0.1, -0.05) is 25.1 Å². The summed E-state index contributed by atoms with van der Waals surface area (Å²) >= 11 is 0. The Kier molecular flexibility index (Phi) is 3.30. The Bertz CT molecular complexity index is 697. The van der Waals surface area contributed by atoms with E-state index in [2.05, 4.69) is 11.9 Å². The number of carbonyl (C=O) groups is 1. The highest BCUT2D eigenvalue weighted by atomic mass is 16.2. The van der Waals surface area contributed by atoms with E-state index in [0.717, 1.165) is 31.3 Å². The van der Waals surface area contributed by atoms with Crippen LogP contribution in [0, 0.1) is 5.92 Å². The van der Waals surface area contributed by atoms with Gasteiger partial charge in [0.2, 0.25) is 5.56 Å². The first kappa shape index (κ1) is 12.9. The average Bonchev–Trinajstić information content (AvgIpc) is 2.46. The number of fused-ring (bicyclic) bond motifs is 1. The Morgan fingerprint density at radius 3 is 2.70 bits per heavy atom. The topological polar surface area (TPSA) is 53.2 Å². The van der Waals surface area contributed by atoms with Gasteiger partial charge in [0.05, 0.1) is 5.56 Å². The molecule has 0 atom stereocenters. The number of likely N-dealkylation sites (tertiary alicyclic amines) is 1. The van der Waals surface area contributed by atoms with Crippen molar-refractivity contribution >= 4 is 16.8 Å². The fourth-order valence-corrected chi connectivity index (χ4v) is 2.76. The second-order valence-electron chi connectivity index (χ2n) is 5.57. The fourth-order valence-electron chi connectivity index (χ4n) is 2.76. The molecule has 1 aliphatic heterocycles. The van der Waals surface area contributed by atoms with Crippen LogP contribution >= 0.6 is 0 Å². The maximum atomic E-state index is 12.6. The lowest BCUT2D eigenvalue weighted by Gasteiger charge is -2.30. The maximum absolute atomic E-state index is 12.6. The van der Waals surface area contributed by atoms with E-state index in [1.165, 1.54) is 6.07 Å². The molecule has 1 N–H and O–H groups in total. The van der Waals surface area contributed by atoms with Crippen LogP contribution in [0.4, 0.5) is 0 Å². The molecule has 1 amide bonds. The van der Waals surface area contributed by atoms with Gasteiger partial charge < -0.3 is 9.88 Å². The molecule has 0 aliphatic carbocycles. The second kappa shape index (κ2) is 5.12. The lowest BCUT2D eigenvalue weighted by molar-refractivity contribution is 0.0699. The molecule has 0 unspecified atom stereocenters. The molecule has 1 saturated heterocycles. The number of piperidine rings is 1. The summed E-state index contributed by atoms with van der Waals surface area (Å²) in [5.74, 6) is 0.647. The molecule has 2 aromatic rings. The van der Waals surface area contributed by atoms with Crippen LogP contribution in [0.3, 0.4) is 0 Å². The van der Waals surface area contributed by atoms with Crippen LogP contribution in [0.25, 0.3) is 10.9 Å². The molecule has 104 valence electrons. The first-order chi connectivity index (χ1) is 9.65. The molecule has 4 heteroatoms. The van der Waals surface area contributed by atoms with Gasteiger partial charge in [0, 0.05) is 30.1 Å². The van der Waals surface area contributed by atoms with E-state index in [9.17, 15) is 9.59 Å². The molecule has 20 heavy (non-hydrogen) atoms. The molecule has 1 aliphatic rings. The van der Waals surface area contributed by atoms with Crippen LogP contribution in [0.5, 0.6) is 0 Å². The number of nitrogens with zero attached hydrogens (tertiary/aromatic N) is 1. The summed E-state index contributed by atoms with van der Waals surface area (Å²) in [6.45, 7) is 3.77. The van der Waals surface area contributed by atoms with Crippen molar-refractivity contribution < 1.29 is 4.79 Å². The van der Waals surface area contributed by atoms with Crippen molar-refractivity contribution in [3.63, 3.8) is 0 Å². The van der Waals surface area contributed by atoms with Crippen molar-refractivity contribution in [3.05, 3.63) is 46.2 Å². The number of hydrogen-bond acceptors (Lipinski definition) is 2. The van der Waals surface area contributed by atoms with Crippen LogP contribution in [-0.4, -0.2) is 28.9 Å². The van der Waals surface area contributed by atoms with Crippen molar-refractivity contribution in [3.8, 4) is 0 Å². The summed E-state index contributed by atoms with van der Waals surface area (Å²) in [5.41, 5.74) is 1.00. The molecule has 1 aromatic carbocycles. The number of nitrogens with one attached hydrogen (secondary N) is 1. The Hall–Kier alpha value is -2.10. The van der Waals surface area contributed by atoms with Gasteiger partial charge >= 0.3 is 0 Å². The molecule has 0 radical (unpaired) electrons. The van der Waals surface area contributed by atoms with Crippen molar-refractivity contribution in [2.45, 2.75) is 19.8 Å². The predicted octanol–water partition coefficient (Wildman–Crippen LogP) is 2.40. The smallest absolute Gasteiger partial charge is 0.254 e.